The van der Waals surface area contributed by atoms with Crippen molar-refractivity contribution in [3.8, 4) is 16.9 Å². The van der Waals surface area contributed by atoms with Gasteiger partial charge in [-0.15, -0.1) is 0 Å². The van der Waals surface area contributed by atoms with E-state index in [2.05, 4.69) is 13.8 Å². The lowest BCUT2D eigenvalue weighted by atomic mass is 10.00. The molecule has 38 heavy (non-hydrogen) atoms. The van der Waals surface area contributed by atoms with E-state index in [0.717, 1.165) is 31.2 Å². The van der Waals surface area contributed by atoms with Gasteiger partial charge in [0.1, 0.15) is 0 Å². The van der Waals surface area contributed by atoms with Crippen molar-refractivity contribution in [2.24, 2.45) is 5.92 Å². The van der Waals surface area contributed by atoms with Crippen LogP contribution < -0.4 is 4.74 Å². The second kappa shape index (κ2) is 17.6. The third-order valence-electron chi connectivity index (χ3n) is 7.48. The molecule has 0 saturated carbocycles. The zero-order valence-electron chi connectivity index (χ0n) is 23.6. The Hall–Kier alpha value is -1.98. The Morgan fingerprint density at radius 2 is 1.26 bits per heavy atom. The molecule has 0 N–H and O–H groups in total. The number of unbranched alkanes of at least 4 members (excludes halogenated alkanes) is 11. The summed E-state index contributed by atoms with van der Waals surface area (Å²) in [5.41, 5.74) is 1.73. The van der Waals surface area contributed by atoms with E-state index in [1.165, 1.54) is 70.3 Å². The van der Waals surface area contributed by atoms with E-state index in [9.17, 15) is 8.78 Å². The van der Waals surface area contributed by atoms with E-state index in [1.807, 2.05) is 12.1 Å². The molecule has 1 heterocycles. The van der Waals surface area contributed by atoms with Gasteiger partial charge in [0.25, 0.3) is 0 Å². The molecule has 1 fully saturated rings. The summed E-state index contributed by atoms with van der Waals surface area (Å²) in [4.78, 5) is 0. The van der Waals surface area contributed by atoms with Crippen LogP contribution in [0, 0.1) is 17.6 Å². The predicted molar refractivity (Wildman–Crippen MR) is 151 cm³/mol. The minimum absolute atomic E-state index is 0.0218. The molecule has 0 unspecified atom stereocenters. The van der Waals surface area contributed by atoms with Gasteiger partial charge in [0.2, 0.25) is 5.82 Å². The summed E-state index contributed by atoms with van der Waals surface area (Å²) >= 11 is 0. The van der Waals surface area contributed by atoms with Crippen LogP contribution in [0.4, 0.5) is 8.78 Å². The summed E-state index contributed by atoms with van der Waals surface area (Å²) < 4.78 is 47.0. The summed E-state index contributed by atoms with van der Waals surface area (Å²) in [7, 11) is 0. The van der Waals surface area contributed by atoms with Gasteiger partial charge in [0.15, 0.2) is 17.9 Å². The lowest BCUT2D eigenvalue weighted by Crippen LogP contribution is -2.27. The van der Waals surface area contributed by atoms with E-state index in [-0.39, 0.29) is 11.3 Å². The minimum atomic E-state index is -0.927. The van der Waals surface area contributed by atoms with Gasteiger partial charge >= 0.3 is 0 Å². The van der Waals surface area contributed by atoms with Gasteiger partial charge in [-0.2, -0.15) is 4.39 Å². The smallest absolute Gasteiger partial charge is 0.201 e. The van der Waals surface area contributed by atoms with Crippen LogP contribution in [0.5, 0.6) is 5.75 Å². The molecule has 0 aliphatic carbocycles. The van der Waals surface area contributed by atoms with Crippen LogP contribution in [0.25, 0.3) is 11.1 Å². The molecule has 2 aromatic rings. The van der Waals surface area contributed by atoms with Crippen LogP contribution in [0.15, 0.2) is 36.4 Å². The van der Waals surface area contributed by atoms with E-state index in [0.29, 0.717) is 31.3 Å². The Kier molecular flexibility index (Phi) is 14.1. The van der Waals surface area contributed by atoms with Crippen LogP contribution in [-0.2, 0) is 9.47 Å². The summed E-state index contributed by atoms with van der Waals surface area (Å²) in [5, 5.41) is 0. The van der Waals surface area contributed by atoms with Crippen molar-refractivity contribution >= 4 is 0 Å². The monoisotopic (exact) mass is 530 g/mol. The molecule has 3 nitrogen and oxygen atoms in total. The van der Waals surface area contributed by atoms with Gasteiger partial charge < -0.3 is 14.2 Å². The number of rotatable bonds is 18. The molecule has 1 aliphatic heterocycles. The highest BCUT2D eigenvalue weighted by atomic mass is 19.2. The van der Waals surface area contributed by atoms with Crippen LogP contribution in [0.1, 0.15) is 116 Å². The maximum atomic E-state index is 14.9. The topological polar surface area (TPSA) is 27.7 Å². The second-order valence-electron chi connectivity index (χ2n) is 10.8. The maximum absolute atomic E-state index is 14.9. The molecule has 0 atom stereocenters. The summed E-state index contributed by atoms with van der Waals surface area (Å²) in [6.45, 7) is 6.23. The number of hydrogen-bond donors (Lipinski definition) is 0. The standard InChI is InChI=1S/C33H48F2O3/c1-3-5-7-9-11-12-14-16-26-24-37-33(38-25-26)28-19-17-27(18-20-28)29-21-22-30(32(35)31(29)34)36-23-15-13-10-8-6-4-2/h17-22,26,33H,3-16,23-25H2,1-2H3. The Morgan fingerprint density at radius 3 is 1.89 bits per heavy atom. The first-order valence-electron chi connectivity index (χ1n) is 15.1. The van der Waals surface area contributed by atoms with Gasteiger partial charge in [-0.1, -0.05) is 115 Å². The SMILES string of the molecule is CCCCCCCCCC1COC(c2ccc(-c3ccc(OCCCCCCCC)c(F)c3F)cc2)OC1. The fourth-order valence-corrected chi connectivity index (χ4v) is 5.04. The number of hydrogen-bond acceptors (Lipinski definition) is 3. The van der Waals surface area contributed by atoms with Crippen LogP contribution >= 0.6 is 0 Å². The molecule has 5 heteroatoms. The number of ether oxygens (including phenoxy) is 3. The van der Waals surface area contributed by atoms with Gasteiger partial charge in [-0.05, 0) is 30.5 Å². The van der Waals surface area contributed by atoms with Crippen molar-refractivity contribution in [3.05, 3.63) is 53.6 Å². The second-order valence-corrected chi connectivity index (χ2v) is 10.8. The third kappa shape index (κ3) is 9.96. The minimum Gasteiger partial charge on any atom is -0.490 e. The first kappa shape index (κ1) is 30.6. The van der Waals surface area contributed by atoms with E-state index < -0.39 is 17.9 Å². The van der Waals surface area contributed by atoms with Crippen LogP contribution in [0.2, 0.25) is 0 Å². The van der Waals surface area contributed by atoms with Crippen LogP contribution in [0.3, 0.4) is 0 Å². The van der Waals surface area contributed by atoms with Gasteiger partial charge in [0, 0.05) is 17.0 Å². The molecule has 0 spiro atoms. The molecular formula is C33H48F2O3. The highest BCUT2D eigenvalue weighted by Crippen LogP contribution is 2.32. The lowest BCUT2D eigenvalue weighted by Gasteiger charge is -2.29. The van der Waals surface area contributed by atoms with E-state index in [4.69, 9.17) is 14.2 Å². The largest absolute Gasteiger partial charge is 0.490 e. The molecule has 0 amide bonds. The average Bonchev–Trinajstić information content (AvgIpc) is 2.95. The zero-order chi connectivity index (χ0) is 27.0. The first-order chi connectivity index (χ1) is 18.6. The fraction of sp³-hybridized carbons (Fsp3) is 0.636. The van der Waals surface area contributed by atoms with Gasteiger partial charge in [0.05, 0.1) is 19.8 Å². The van der Waals surface area contributed by atoms with Crippen molar-refractivity contribution < 1.29 is 23.0 Å². The van der Waals surface area contributed by atoms with Gasteiger partial charge in [-0.3, -0.25) is 0 Å². The third-order valence-corrected chi connectivity index (χ3v) is 7.48. The molecule has 0 aromatic heterocycles. The average molecular weight is 531 g/mol. The van der Waals surface area contributed by atoms with Crippen molar-refractivity contribution in [3.63, 3.8) is 0 Å². The molecule has 1 saturated heterocycles. The summed E-state index contributed by atoms with van der Waals surface area (Å²) in [5.74, 6) is -1.38. The van der Waals surface area contributed by atoms with E-state index in [1.54, 1.807) is 18.2 Å². The molecule has 2 aromatic carbocycles. The molecule has 1 aliphatic rings. The highest BCUT2D eigenvalue weighted by Gasteiger charge is 2.23. The Morgan fingerprint density at radius 1 is 0.684 bits per heavy atom. The Labute approximate surface area is 229 Å². The molecule has 3 rings (SSSR count). The van der Waals surface area contributed by atoms with Gasteiger partial charge in [-0.25, -0.2) is 4.39 Å². The van der Waals surface area contributed by atoms with Crippen LogP contribution in [-0.4, -0.2) is 19.8 Å². The first-order valence-corrected chi connectivity index (χ1v) is 15.1. The molecular weight excluding hydrogens is 482 g/mol. The molecule has 0 radical (unpaired) electrons. The summed E-state index contributed by atoms with van der Waals surface area (Å²) in [6.07, 6.45) is 16.6. The Bertz CT molecular complexity index is 907. The van der Waals surface area contributed by atoms with Crippen molar-refractivity contribution in [2.45, 2.75) is 110 Å². The van der Waals surface area contributed by atoms with Crippen molar-refractivity contribution in [2.75, 3.05) is 19.8 Å². The number of benzene rings is 2. The van der Waals surface area contributed by atoms with Crippen molar-refractivity contribution in [1.82, 2.24) is 0 Å². The molecule has 212 valence electrons. The quantitative estimate of drug-likeness (QED) is 0.179. The molecule has 0 bridgehead atoms. The lowest BCUT2D eigenvalue weighted by molar-refractivity contribution is -0.206. The van der Waals surface area contributed by atoms with Crippen molar-refractivity contribution in [1.29, 1.82) is 0 Å². The normalized spacial score (nSPS) is 17.6. The predicted octanol–water partition coefficient (Wildman–Crippen LogP) is 10.2. The summed E-state index contributed by atoms with van der Waals surface area (Å²) in [6, 6.07) is 10.4. The Balaban J connectivity index is 1.42. The van der Waals surface area contributed by atoms with E-state index >= 15 is 0 Å². The maximum Gasteiger partial charge on any atom is 0.201 e. The zero-order valence-corrected chi connectivity index (χ0v) is 23.6. The number of halogens is 2. The highest BCUT2D eigenvalue weighted by molar-refractivity contribution is 5.65. The fourth-order valence-electron chi connectivity index (χ4n) is 5.04.